The number of carbonyl (C=O) groups is 1. The minimum absolute atomic E-state index is 0.0330. The number of hydrogen-bond acceptors (Lipinski definition) is 7. The van der Waals surface area contributed by atoms with Crippen LogP contribution in [0.1, 0.15) is 41.6 Å². The van der Waals surface area contributed by atoms with Crippen molar-refractivity contribution >= 4 is 21.6 Å². The van der Waals surface area contributed by atoms with Gasteiger partial charge in [-0.3, -0.25) is 4.79 Å². The van der Waals surface area contributed by atoms with E-state index >= 15 is 0 Å². The summed E-state index contributed by atoms with van der Waals surface area (Å²) in [4.78, 5) is 12.6. The molecule has 10 heteroatoms. The minimum atomic E-state index is -3.09. The van der Waals surface area contributed by atoms with Crippen LogP contribution in [-0.2, 0) is 14.6 Å². The van der Waals surface area contributed by atoms with Crippen LogP contribution in [-0.4, -0.2) is 56.9 Å². The Morgan fingerprint density at radius 2 is 1.80 bits per heavy atom. The van der Waals surface area contributed by atoms with Crippen molar-refractivity contribution in [2.24, 2.45) is 0 Å². The lowest BCUT2D eigenvalue weighted by Crippen LogP contribution is -2.26. The first kappa shape index (κ1) is 20.5. The Balaban J connectivity index is 1.83. The topological polar surface area (TPSA) is 109 Å². The Bertz CT molecular complexity index is 1080. The van der Waals surface area contributed by atoms with Crippen LogP contribution in [0, 0.1) is 6.92 Å². The zero-order valence-electron chi connectivity index (χ0n) is 17.4. The van der Waals surface area contributed by atoms with Gasteiger partial charge in [-0.2, -0.15) is 5.10 Å². The average molecular weight is 436 g/mol. The maximum absolute atomic E-state index is 12.6. The van der Waals surface area contributed by atoms with E-state index in [2.05, 4.69) is 10.4 Å². The zero-order valence-corrected chi connectivity index (χ0v) is 18.2. The van der Waals surface area contributed by atoms with E-state index in [1.165, 1.54) is 7.11 Å². The highest BCUT2D eigenvalue weighted by Crippen LogP contribution is 2.46. The number of benzene rings is 1. The molecular formula is C20H25N3O6S. The number of methoxy groups -OCH3 is 3. The molecule has 0 radical (unpaired) electrons. The van der Waals surface area contributed by atoms with Crippen molar-refractivity contribution in [3.63, 3.8) is 0 Å². The van der Waals surface area contributed by atoms with Crippen molar-refractivity contribution in [3.8, 4) is 17.2 Å². The van der Waals surface area contributed by atoms with Gasteiger partial charge in [0.1, 0.15) is 5.82 Å². The van der Waals surface area contributed by atoms with Gasteiger partial charge in [-0.05, 0) is 31.0 Å². The first-order valence-corrected chi connectivity index (χ1v) is 11.5. The predicted molar refractivity (Wildman–Crippen MR) is 110 cm³/mol. The molecule has 1 aromatic heterocycles. The smallest absolute Gasteiger partial charge is 0.226 e. The normalized spacial score (nSPS) is 22.3. The maximum Gasteiger partial charge on any atom is 0.226 e. The molecule has 162 valence electrons. The minimum Gasteiger partial charge on any atom is -0.493 e. The third-order valence-electron chi connectivity index (χ3n) is 5.77. The summed E-state index contributed by atoms with van der Waals surface area (Å²) in [5.74, 6) is 1.81. The molecule has 0 bridgehead atoms. The molecule has 4 rings (SSSR count). The van der Waals surface area contributed by atoms with Gasteiger partial charge < -0.3 is 19.5 Å². The van der Waals surface area contributed by atoms with E-state index < -0.39 is 9.84 Å². The molecule has 1 amide bonds. The average Bonchev–Trinajstić information content (AvgIpc) is 3.24. The van der Waals surface area contributed by atoms with Gasteiger partial charge in [0.15, 0.2) is 21.3 Å². The SMILES string of the molecule is COc1cc([C@H]2CC(=O)Nc3c2c(C)nn3[C@H]2CCS(=O)(=O)C2)cc(OC)c1OC. The molecule has 0 saturated carbocycles. The second kappa shape index (κ2) is 7.50. The van der Waals surface area contributed by atoms with Crippen LogP contribution in [0.2, 0.25) is 0 Å². The Labute approximate surface area is 175 Å². The predicted octanol–water partition coefficient (Wildman–Crippen LogP) is 2.05. The second-order valence-electron chi connectivity index (χ2n) is 7.61. The third-order valence-corrected chi connectivity index (χ3v) is 7.52. The fraction of sp³-hybridized carbons (Fsp3) is 0.500. The Hall–Kier alpha value is -2.75. The van der Waals surface area contributed by atoms with Gasteiger partial charge in [-0.15, -0.1) is 0 Å². The Kier molecular flexibility index (Phi) is 5.13. The van der Waals surface area contributed by atoms with Gasteiger partial charge in [0, 0.05) is 17.9 Å². The van der Waals surface area contributed by atoms with E-state index in [1.54, 1.807) is 18.9 Å². The largest absolute Gasteiger partial charge is 0.493 e. The van der Waals surface area contributed by atoms with Crippen LogP contribution in [0.4, 0.5) is 5.82 Å². The summed E-state index contributed by atoms with van der Waals surface area (Å²) in [6, 6.07) is 3.40. The number of amides is 1. The molecule has 9 nitrogen and oxygen atoms in total. The van der Waals surface area contributed by atoms with Gasteiger partial charge in [0.25, 0.3) is 0 Å². The summed E-state index contributed by atoms with van der Waals surface area (Å²) in [7, 11) is 1.54. The lowest BCUT2D eigenvalue weighted by molar-refractivity contribution is -0.116. The van der Waals surface area contributed by atoms with E-state index in [-0.39, 0.29) is 35.8 Å². The Morgan fingerprint density at radius 3 is 2.33 bits per heavy atom. The van der Waals surface area contributed by atoms with Crippen LogP contribution in [0.3, 0.4) is 0 Å². The number of sulfone groups is 1. The first-order chi connectivity index (χ1) is 14.3. The number of anilines is 1. The third kappa shape index (κ3) is 3.38. The molecule has 1 aromatic carbocycles. The number of nitrogens with one attached hydrogen (secondary N) is 1. The summed E-state index contributed by atoms with van der Waals surface area (Å²) in [6.45, 7) is 1.88. The molecule has 1 fully saturated rings. The maximum atomic E-state index is 12.6. The van der Waals surface area contributed by atoms with E-state index in [0.717, 1.165) is 16.8 Å². The molecule has 1 N–H and O–H groups in total. The van der Waals surface area contributed by atoms with Gasteiger partial charge in [-0.1, -0.05) is 0 Å². The van der Waals surface area contributed by atoms with Crippen LogP contribution in [0.5, 0.6) is 17.2 Å². The molecule has 2 atom stereocenters. The molecule has 0 aliphatic carbocycles. The molecule has 30 heavy (non-hydrogen) atoms. The number of fused-ring (bicyclic) bond motifs is 1. The standard InChI is InChI=1S/C20H25N3O6S/c1-11-18-14(12-7-15(27-2)19(29-4)16(8-12)28-3)9-17(24)21-20(18)23(22-11)13-5-6-30(25,26)10-13/h7-8,13-14H,5-6,9-10H2,1-4H3,(H,21,24)/t13-,14+/m0/s1. The number of aromatic nitrogens is 2. The van der Waals surface area contributed by atoms with Crippen molar-refractivity contribution < 1.29 is 27.4 Å². The number of carbonyl (C=O) groups excluding carboxylic acids is 1. The quantitative estimate of drug-likeness (QED) is 0.766. The van der Waals surface area contributed by atoms with Crippen molar-refractivity contribution in [2.45, 2.75) is 31.7 Å². The zero-order chi connectivity index (χ0) is 21.6. The molecular weight excluding hydrogens is 410 g/mol. The second-order valence-corrected chi connectivity index (χ2v) is 9.84. The van der Waals surface area contributed by atoms with E-state index in [9.17, 15) is 13.2 Å². The number of ether oxygens (including phenoxy) is 3. The van der Waals surface area contributed by atoms with E-state index in [0.29, 0.717) is 29.5 Å². The molecule has 2 aliphatic heterocycles. The molecule has 2 aliphatic rings. The van der Waals surface area contributed by atoms with Gasteiger partial charge in [0.2, 0.25) is 11.7 Å². The Morgan fingerprint density at radius 1 is 1.13 bits per heavy atom. The highest BCUT2D eigenvalue weighted by atomic mass is 32.2. The fourth-order valence-electron chi connectivity index (χ4n) is 4.39. The summed E-state index contributed by atoms with van der Waals surface area (Å²) >= 11 is 0. The van der Waals surface area contributed by atoms with Gasteiger partial charge in [0.05, 0.1) is 44.6 Å². The number of aryl methyl sites for hydroxylation is 1. The van der Waals surface area contributed by atoms with E-state index in [1.807, 2.05) is 19.1 Å². The number of nitrogens with zero attached hydrogens (tertiary/aromatic N) is 2. The first-order valence-electron chi connectivity index (χ1n) is 9.67. The summed E-state index contributed by atoms with van der Waals surface area (Å²) in [5.41, 5.74) is 2.48. The van der Waals surface area contributed by atoms with Crippen LogP contribution >= 0.6 is 0 Å². The van der Waals surface area contributed by atoms with Crippen LogP contribution in [0.15, 0.2) is 12.1 Å². The number of hydrogen-bond donors (Lipinski definition) is 1. The molecule has 2 aromatic rings. The van der Waals surface area contributed by atoms with Gasteiger partial charge in [-0.25, -0.2) is 13.1 Å². The van der Waals surface area contributed by atoms with Crippen molar-refractivity contribution in [1.29, 1.82) is 0 Å². The molecule has 1 saturated heterocycles. The highest BCUT2D eigenvalue weighted by molar-refractivity contribution is 7.91. The van der Waals surface area contributed by atoms with Crippen molar-refractivity contribution in [2.75, 3.05) is 38.2 Å². The van der Waals surface area contributed by atoms with Crippen LogP contribution in [0.25, 0.3) is 0 Å². The summed E-state index contributed by atoms with van der Waals surface area (Å²) in [5, 5.41) is 7.53. The molecule has 0 unspecified atom stereocenters. The fourth-order valence-corrected chi connectivity index (χ4v) is 6.08. The van der Waals surface area contributed by atoms with Crippen LogP contribution < -0.4 is 19.5 Å². The lowest BCUT2D eigenvalue weighted by Gasteiger charge is -2.26. The number of rotatable bonds is 5. The highest BCUT2D eigenvalue weighted by Gasteiger charge is 2.37. The lowest BCUT2D eigenvalue weighted by atomic mass is 9.85. The van der Waals surface area contributed by atoms with E-state index in [4.69, 9.17) is 14.2 Å². The monoisotopic (exact) mass is 435 g/mol. The molecule has 0 spiro atoms. The summed E-state index contributed by atoms with van der Waals surface area (Å²) in [6.07, 6.45) is 0.724. The van der Waals surface area contributed by atoms with Gasteiger partial charge >= 0.3 is 0 Å². The van der Waals surface area contributed by atoms with Crippen molar-refractivity contribution in [1.82, 2.24) is 9.78 Å². The molecule has 3 heterocycles. The summed E-state index contributed by atoms with van der Waals surface area (Å²) < 4.78 is 42.0. The van der Waals surface area contributed by atoms with Crippen molar-refractivity contribution in [3.05, 3.63) is 29.0 Å².